The Morgan fingerprint density at radius 1 is 1.03 bits per heavy atom. The minimum atomic E-state index is -0.0567. The van der Waals surface area contributed by atoms with Gasteiger partial charge in [0.05, 0.1) is 22.3 Å². The molecule has 4 heteroatoms. The maximum Gasteiger partial charge on any atom is 0.0771 e. The summed E-state index contributed by atoms with van der Waals surface area (Å²) >= 11 is 6.66. The van der Waals surface area contributed by atoms with Crippen LogP contribution in [-0.4, -0.2) is 9.97 Å². The summed E-state index contributed by atoms with van der Waals surface area (Å²) in [6.45, 7) is 4.32. The van der Waals surface area contributed by atoms with E-state index >= 15 is 0 Å². The van der Waals surface area contributed by atoms with E-state index in [1.165, 1.54) is 11.1 Å². The van der Waals surface area contributed by atoms with Crippen molar-refractivity contribution in [2.45, 2.75) is 32.7 Å². The van der Waals surface area contributed by atoms with Crippen molar-refractivity contribution < 1.29 is 0 Å². The number of fused-ring (bicyclic) bond motifs is 1. The van der Waals surface area contributed by atoms with E-state index in [1.807, 2.05) is 36.7 Å². The van der Waals surface area contributed by atoms with Gasteiger partial charge in [-0.25, -0.2) is 0 Å². The van der Waals surface area contributed by atoms with Crippen LogP contribution in [-0.2, 0) is 6.42 Å². The molecular formula is C25H24ClN3. The van der Waals surface area contributed by atoms with E-state index in [0.717, 1.165) is 40.6 Å². The lowest BCUT2D eigenvalue weighted by atomic mass is 9.92. The molecule has 0 saturated heterocycles. The van der Waals surface area contributed by atoms with Crippen molar-refractivity contribution in [3.05, 3.63) is 100 Å². The molecule has 3 nitrogen and oxygen atoms in total. The van der Waals surface area contributed by atoms with Crippen LogP contribution in [0.4, 0.5) is 5.69 Å². The number of aromatic nitrogens is 2. The van der Waals surface area contributed by atoms with Gasteiger partial charge in [-0.3, -0.25) is 9.97 Å². The molecule has 4 rings (SSSR count). The molecule has 0 aliphatic heterocycles. The average molecular weight is 402 g/mol. The van der Waals surface area contributed by atoms with Crippen molar-refractivity contribution in [2.75, 3.05) is 5.32 Å². The molecule has 0 saturated carbocycles. The number of nitrogens with one attached hydrogen (secondary N) is 1. The summed E-state index contributed by atoms with van der Waals surface area (Å²) in [6, 6.07) is 18.8. The van der Waals surface area contributed by atoms with Crippen molar-refractivity contribution in [3.8, 4) is 0 Å². The number of aryl methyl sites for hydroxylation is 2. The molecule has 2 heterocycles. The van der Waals surface area contributed by atoms with Crippen LogP contribution in [0.1, 0.15) is 41.6 Å². The lowest BCUT2D eigenvalue weighted by Crippen LogP contribution is -2.14. The standard InChI is InChI=1S/C25H24ClN3/c1-3-6-18-9-11-19(12-10-18)25(29-20-7-4-13-27-16-20)22-15-23(26)21-8-5-14-28-24(21)17(22)2/h4-5,7-16,25,29H,3,6H2,1-2H3. The SMILES string of the molecule is CCCc1ccc(C(Nc2cccnc2)c2cc(Cl)c3cccnc3c2C)cc1. The van der Waals surface area contributed by atoms with E-state index in [4.69, 9.17) is 11.6 Å². The van der Waals surface area contributed by atoms with Crippen LogP contribution < -0.4 is 5.32 Å². The lowest BCUT2D eigenvalue weighted by Gasteiger charge is -2.24. The molecule has 0 spiro atoms. The average Bonchev–Trinajstić information content (AvgIpc) is 2.76. The number of hydrogen-bond donors (Lipinski definition) is 1. The number of halogens is 1. The van der Waals surface area contributed by atoms with E-state index in [-0.39, 0.29) is 6.04 Å². The molecule has 2 aromatic heterocycles. The maximum absolute atomic E-state index is 6.66. The second-order valence-electron chi connectivity index (χ2n) is 7.28. The molecule has 0 bridgehead atoms. The molecule has 0 fully saturated rings. The molecule has 0 radical (unpaired) electrons. The topological polar surface area (TPSA) is 37.8 Å². The van der Waals surface area contributed by atoms with Gasteiger partial charge < -0.3 is 5.32 Å². The summed E-state index contributed by atoms with van der Waals surface area (Å²) in [6.07, 6.45) is 7.67. The Labute approximate surface area is 176 Å². The van der Waals surface area contributed by atoms with Gasteiger partial charge in [0.2, 0.25) is 0 Å². The molecule has 1 unspecified atom stereocenters. The Kier molecular flexibility index (Phi) is 5.77. The molecule has 0 aliphatic carbocycles. The van der Waals surface area contributed by atoms with Gasteiger partial charge in [0.1, 0.15) is 0 Å². The first kappa shape index (κ1) is 19.4. The first-order valence-corrected chi connectivity index (χ1v) is 10.3. The smallest absolute Gasteiger partial charge is 0.0771 e. The monoisotopic (exact) mass is 401 g/mol. The van der Waals surface area contributed by atoms with E-state index in [0.29, 0.717) is 5.02 Å². The fourth-order valence-electron chi connectivity index (χ4n) is 3.78. The van der Waals surface area contributed by atoms with Crippen LogP contribution in [0.5, 0.6) is 0 Å². The number of hydrogen-bond acceptors (Lipinski definition) is 3. The first-order chi connectivity index (χ1) is 14.2. The maximum atomic E-state index is 6.66. The van der Waals surface area contributed by atoms with E-state index < -0.39 is 0 Å². The highest BCUT2D eigenvalue weighted by molar-refractivity contribution is 6.35. The fourth-order valence-corrected chi connectivity index (χ4v) is 4.05. The number of benzene rings is 2. The van der Waals surface area contributed by atoms with Crippen LogP contribution in [0.3, 0.4) is 0 Å². The Balaban J connectivity index is 1.84. The molecule has 1 N–H and O–H groups in total. The second-order valence-corrected chi connectivity index (χ2v) is 7.69. The highest BCUT2D eigenvalue weighted by Crippen LogP contribution is 2.35. The highest BCUT2D eigenvalue weighted by Gasteiger charge is 2.20. The van der Waals surface area contributed by atoms with Gasteiger partial charge in [0.15, 0.2) is 0 Å². The van der Waals surface area contributed by atoms with Crippen LogP contribution >= 0.6 is 11.6 Å². The van der Waals surface area contributed by atoms with E-state index in [9.17, 15) is 0 Å². The third-order valence-electron chi connectivity index (χ3n) is 5.27. The third-order valence-corrected chi connectivity index (χ3v) is 5.58. The largest absolute Gasteiger partial charge is 0.373 e. The highest BCUT2D eigenvalue weighted by atomic mass is 35.5. The van der Waals surface area contributed by atoms with Gasteiger partial charge in [-0.15, -0.1) is 0 Å². The Morgan fingerprint density at radius 3 is 2.55 bits per heavy atom. The van der Waals surface area contributed by atoms with Gasteiger partial charge >= 0.3 is 0 Å². The summed E-state index contributed by atoms with van der Waals surface area (Å²) in [4.78, 5) is 8.85. The first-order valence-electron chi connectivity index (χ1n) is 9.96. The summed E-state index contributed by atoms with van der Waals surface area (Å²) in [5, 5.41) is 5.34. The molecule has 1 atom stereocenters. The number of anilines is 1. The summed E-state index contributed by atoms with van der Waals surface area (Å²) in [5.41, 5.74) is 6.69. The minimum absolute atomic E-state index is 0.0567. The zero-order chi connectivity index (χ0) is 20.2. The third kappa shape index (κ3) is 4.10. The van der Waals surface area contributed by atoms with Crippen molar-refractivity contribution in [2.24, 2.45) is 0 Å². The predicted octanol–water partition coefficient (Wildman–Crippen LogP) is 6.75. The van der Waals surface area contributed by atoms with Crippen LogP contribution in [0, 0.1) is 6.92 Å². The van der Waals surface area contributed by atoms with Crippen LogP contribution in [0.25, 0.3) is 10.9 Å². The lowest BCUT2D eigenvalue weighted by molar-refractivity contribution is 0.904. The fraction of sp³-hybridized carbons (Fsp3) is 0.200. The molecule has 4 aromatic rings. The molecule has 0 amide bonds. The Morgan fingerprint density at radius 2 is 1.83 bits per heavy atom. The number of rotatable bonds is 6. The summed E-state index contributed by atoms with van der Waals surface area (Å²) in [5.74, 6) is 0. The van der Waals surface area contributed by atoms with Crippen molar-refractivity contribution in [1.82, 2.24) is 9.97 Å². The van der Waals surface area contributed by atoms with Crippen molar-refractivity contribution in [3.63, 3.8) is 0 Å². The molecular weight excluding hydrogens is 378 g/mol. The van der Waals surface area contributed by atoms with Gasteiger partial charge in [-0.1, -0.05) is 49.2 Å². The molecule has 146 valence electrons. The normalized spacial score (nSPS) is 12.1. The van der Waals surface area contributed by atoms with Gasteiger partial charge in [0, 0.05) is 24.0 Å². The second kappa shape index (κ2) is 8.62. The van der Waals surface area contributed by atoms with Crippen LogP contribution in [0.2, 0.25) is 5.02 Å². The van der Waals surface area contributed by atoms with Gasteiger partial charge in [-0.05, 0) is 65.9 Å². The number of pyridine rings is 2. The predicted molar refractivity (Wildman–Crippen MR) is 122 cm³/mol. The van der Waals surface area contributed by atoms with Gasteiger partial charge in [-0.2, -0.15) is 0 Å². The minimum Gasteiger partial charge on any atom is -0.373 e. The molecule has 0 aliphatic rings. The Bertz CT molecular complexity index is 1110. The van der Waals surface area contributed by atoms with E-state index in [2.05, 4.69) is 59.5 Å². The van der Waals surface area contributed by atoms with Gasteiger partial charge in [0.25, 0.3) is 0 Å². The van der Waals surface area contributed by atoms with Crippen LogP contribution in [0.15, 0.2) is 73.2 Å². The van der Waals surface area contributed by atoms with Crippen molar-refractivity contribution >= 4 is 28.2 Å². The van der Waals surface area contributed by atoms with Crippen molar-refractivity contribution in [1.29, 1.82) is 0 Å². The quantitative estimate of drug-likeness (QED) is 0.388. The molecule has 29 heavy (non-hydrogen) atoms. The van der Waals surface area contributed by atoms with E-state index in [1.54, 1.807) is 6.20 Å². The zero-order valence-electron chi connectivity index (χ0n) is 16.7. The number of nitrogens with zero attached hydrogens (tertiary/aromatic N) is 2. The Hall–Kier alpha value is -2.91. The summed E-state index contributed by atoms with van der Waals surface area (Å²) in [7, 11) is 0. The molecule has 2 aromatic carbocycles. The zero-order valence-corrected chi connectivity index (χ0v) is 17.4. The summed E-state index contributed by atoms with van der Waals surface area (Å²) < 4.78 is 0.